The number of carbonyl (C=O) groups excluding carboxylic acids is 2. The Hall–Kier alpha value is -2.27. The standard InChI is InChI=1S/C15H11ClFNO3/c16-11-4-5-13(18-8-11)7-14(19)9-21-15(20)10-2-1-3-12(17)6-10/h1-6,8H,7,9H2. The fourth-order valence-electron chi connectivity index (χ4n) is 1.61. The number of ether oxygens (including phenoxy) is 1. The molecule has 1 aromatic carbocycles. The highest BCUT2D eigenvalue weighted by Gasteiger charge is 2.11. The van der Waals surface area contributed by atoms with Crippen LogP contribution in [0.25, 0.3) is 0 Å². The van der Waals surface area contributed by atoms with Crippen molar-refractivity contribution in [3.8, 4) is 0 Å². The average Bonchev–Trinajstić information content (AvgIpc) is 2.47. The Labute approximate surface area is 125 Å². The maximum Gasteiger partial charge on any atom is 0.338 e. The molecule has 0 radical (unpaired) electrons. The van der Waals surface area contributed by atoms with Gasteiger partial charge in [0.2, 0.25) is 0 Å². The Kier molecular flexibility index (Phi) is 5.00. The van der Waals surface area contributed by atoms with Crippen molar-refractivity contribution >= 4 is 23.4 Å². The second-order valence-electron chi connectivity index (χ2n) is 4.27. The molecule has 0 bridgehead atoms. The number of benzene rings is 1. The summed E-state index contributed by atoms with van der Waals surface area (Å²) in [5, 5.41) is 0.476. The van der Waals surface area contributed by atoms with E-state index >= 15 is 0 Å². The largest absolute Gasteiger partial charge is 0.454 e. The summed E-state index contributed by atoms with van der Waals surface area (Å²) >= 11 is 5.68. The summed E-state index contributed by atoms with van der Waals surface area (Å²) in [4.78, 5) is 27.3. The molecule has 0 aliphatic rings. The molecule has 2 aromatic rings. The van der Waals surface area contributed by atoms with Crippen LogP contribution in [0.3, 0.4) is 0 Å². The number of hydrogen-bond donors (Lipinski definition) is 0. The van der Waals surface area contributed by atoms with Crippen molar-refractivity contribution in [2.24, 2.45) is 0 Å². The first-order valence-electron chi connectivity index (χ1n) is 6.09. The Bertz CT molecular complexity index is 658. The van der Waals surface area contributed by atoms with Gasteiger partial charge in [-0.1, -0.05) is 17.7 Å². The minimum absolute atomic E-state index is 0.0353. The molecule has 1 heterocycles. The summed E-state index contributed by atoms with van der Waals surface area (Å²) in [6.45, 7) is -0.389. The van der Waals surface area contributed by atoms with Crippen LogP contribution in [0.15, 0.2) is 42.6 Å². The maximum absolute atomic E-state index is 13.0. The summed E-state index contributed by atoms with van der Waals surface area (Å²) in [6, 6.07) is 8.31. The topological polar surface area (TPSA) is 56.3 Å². The highest BCUT2D eigenvalue weighted by molar-refractivity contribution is 6.30. The Balaban J connectivity index is 1.86. The molecule has 108 valence electrons. The molecule has 0 aliphatic carbocycles. The summed E-state index contributed by atoms with van der Waals surface area (Å²) in [7, 11) is 0. The number of esters is 1. The van der Waals surface area contributed by atoms with Gasteiger partial charge in [-0.3, -0.25) is 9.78 Å². The molecule has 6 heteroatoms. The van der Waals surface area contributed by atoms with Gasteiger partial charge < -0.3 is 4.74 Å². The number of rotatable bonds is 5. The molecule has 1 aromatic heterocycles. The summed E-state index contributed by atoms with van der Waals surface area (Å²) in [5.41, 5.74) is 0.596. The van der Waals surface area contributed by atoms with E-state index in [1.807, 2.05) is 0 Å². The number of nitrogens with zero attached hydrogens (tertiary/aromatic N) is 1. The van der Waals surface area contributed by atoms with Gasteiger partial charge in [-0.15, -0.1) is 0 Å². The van der Waals surface area contributed by atoms with E-state index in [9.17, 15) is 14.0 Å². The van der Waals surface area contributed by atoms with Crippen molar-refractivity contribution in [2.75, 3.05) is 6.61 Å². The summed E-state index contributed by atoms with van der Waals surface area (Å²) < 4.78 is 17.8. The van der Waals surface area contributed by atoms with Gasteiger partial charge in [0, 0.05) is 11.9 Å². The van der Waals surface area contributed by atoms with Gasteiger partial charge in [0.1, 0.15) is 5.82 Å². The smallest absolute Gasteiger partial charge is 0.338 e. The number of pyridine rings is 1. The van der Waals surface area contributed by atoms with Gasteiger partial charge in [-0.2, -0.15) is 0 Å². The highest BCUT2D eigenvalue weighted by atomic mass is 35.5. The minimum Gasteiger partial charge on any atom is -0.454 e. The number of hydrogen-bond acceptors (Lipinski definition) is 4. The van der Waals surface area contributed by atoms with Gasteiger partial charge in [0.05, 0.1) is 17.0 Å². The molecule has 4 nitrogen and oxygen atoms in total. The average molecular weight is 308 g/mol. The molecule has 0 saturated heterocycles. The number of ketones is 1. The maximum atomic E-state index is 13.0. The number of carbonyl (C=O) groups is 2. The molecule has 2 rings (SSSR count). The molecule has 0 N–H and O–H groups in total. The fraction of sp³-hybridized carbons (Fsp3) is 0.133. The molecular weight excluding hydrogens is 297 g/mol. The zero-order valence-electron chi connectivity index (χ0n) is 10.9. The van der Waals surface area contributed by atoms with E-state index in [2.05, 4.69) is 4.98 Å². The molecule has 0 saturated carbocycles. The Morgan fingerprint density at radius 2 is 2.05 bits per heavy atom. The van der Waals surface area contributed by atoms with E-state index in [4.69, 9.17) is 16.3 Å². The van der Waals surface area contributed by atoms with Crippen molar-refractivity contribution < 1.29 is 18.7 Å². The van der Waals surface area contributed by atoms with Crippen molar-refractivity contribution in [2.45, 2.75) is 6.42 Å². The minimum atomic E-state index is -0.744. The number of aromatic nitrogens is 1. The molecule has 0 amide bonds. The first-order chi connectivity index (χ1) is 10.0. The van der Waals surface area contributed by atoms with Crippen molar-refractivity contribution in [1.82, 2.24) is 4.98 Å². The van der Waals surface area contributed by atoms with E-state index in [0.29, 0.717) is 10.7 Å². The molecule has 0 atom stereocenters. The molecule has 0 unspecified atom stereocenters. The van der Waals surface area contributed by atoms with Crippen molar-refractivity contribution in [3.05, 3.63) is 64.7 Å². The third-order valence-corrected chi connectivity index (χ3v) is 2.82. The second-order valence-corrected chi connectivity index (χ2v) is 4.71. The lowest BCUT2D eigenvalue weighted by Gasteiger charge is -2.04. The van der Waals surface area contributed by atoms with Gasteiger partial charge in [0.15, 0.2) is 12.4 Å². The van der Waals surface area contributed by atoms with Gasteiger partial charge >= 0.3 is 5.97 Å². The van der Waals surface area contributed by atoms with Crippen LogP contribution in [-0.2, 0) is 16.0 Å². The molecule has 0 spiro atoms. The Morgan fingerprint density at radius 3 is 2.71 bits per heavy atom. The van der Waals surface area contributed by atoms with Crippen LogP contribution in [0.2, 0.25) is 5.02 Å². The van der Waals surface area contributed by atoms with Gasteiger partial charge in [-0.25, -0.2) is 9.18 Å². The van der Waals surface area contributed by atoms with Crippen LogP contribution in [0.4, 0.5) is 4.39 Å². The summed E-state index contributed by atoms with van der Waals surface area (Å²) in [6.07, 6.45) is 1.47. The van der Waals surface area contributed by atoms with Crippen LogP contribution in [0.5, 0.6) is 0 Å². The van der Waals surface area contributed by atoms with Crippen LogP contribution < -0.4 is 0 Å². The predicted molar refractivity (Wildman–Crippen MR) is 74.6 cm³/mol. The van der Waals surface area contributed by atoms with Crippen molar-refractivity contribution in [1.29, 1.82) is 0 Å². The van der Waals surface area contributed by atoms with Crippen LogP contribution in [-0.4, -0.2) is 23.3 Å². The third-order valence-electron chi connectivity index (χ3n) is 2.59. The third kappa shape index (κ3) is 4.65. The quantitative estimate of drug-likeness (QED) is 0.797. The summed E-state index contributed by atoms with van der Waals surface area (Å²) in [5.74, 6) is -1.59. The lowest BCUT2D eigenvalue weighted by Crippen LogP contribution is -2.16. The van der Waals surface area contributed by atoms with Crippen LogP contribution in [0.1, 0.15) is 16.1 Å². The zero-order valence-corrected chi connectivity index (χ0v) is 11.6. The predicted octanol–water partition coefficient (Wildman–Crippen LogP) is 2.84. The SMILES string of the molecule is O=C(COC(=O)c1cccc(F)c1)Cc1ccc(Cl)cn1. The van der Waals surface area contributed by atoms with E-state index in [1.54, 1.807) is 12.1 Å². The zero-order chi connectivity index (χ0) is 15.2. The first-order valence-corrected chi connectivity index (χ1v) is 6.47. The van der Waals surface area contributed by atoms with Gasteiger partial charge in [-0.05, 0) is 30.3 Å². The Morgan fingerprint density at radius 1 is 1.24 bits per heavy atom. The number of halogens is 2. The van der Waals surface area contributed by atoms with E-state index in [-0.39, 0.29) is 24.4 Å². The van der Waals surface area contributed by atoms with E-state index in [1.165, 1.54) is 24.4 Å². The van der Waals surface area contributed by atoms with Gasteiger partial charge in [0.25, 0.3) is 0 Å². The first kappa shape index (κ1) is 15.1. The normalized spacial score (nSPS) is 10.2. The van der Waals surface area contributed by atoms with Crippen molar-refractivity contribution in [3.63, 3.8) is 0 Å². The molecular formula is C15H11ClFNO3. The lowest BCUT2D eigenvalue weighted by atomic mass is 10.2. The van der Waals surface area contributed by atoms with Crippen LogP contribution in [0, 0.1) is 5.82 Å². The second kappa shape index (κ2) is 6.95. The molecule has 21 heavy (non-hydrogen) atoms. The van der Waals surface area contributed by atoms with Crippen LogP contribution >= 0.6 is 11.6 Å². The van der Waals surface area contributed by atoms with E-state index < -0.39 is 11.8 Å². The molecule has 0 aliphatic heterocycles. The van der Waals surface area contributed by atoms with E-state index in [0.717, 1.165) is 6.07 Å². The lowest BCUT2D eigenvalue weighted by molar-refractivity contribution is -0.121. The fourth-order valence-corrected chi connectivity index (χ4v) is 1.72. The molecule has 0 fully saturated rings. The highest BCUT2D eigenvalue weighted by Crippen LogP contribution is 2.08. The number of Topliss-reactive ketones (excluding diaryl/α,β-unsaturated/α-hetero) is 1. The monoisotopic (exact) mass is 307 g/mol.